The van der Waals surface area contributed by atoms with Crippen LogP contribution in [0.3, 0.4) is 0 Å². The molecule has 1 aliphatic carbocycles. The van der Waals surface area contributed by atoms with Gasteiger partial charge in [0.2, 0.25) is 6.08 Å². The molecule has 0 aromatic heterocycles. The third-order valence-electron chi connectivity index (χ3n) is 3.76. The van der Waals surface area contributed by atoms with Crippen LogP contribution in [-0.4, -0.2) is 17.8 Å². The molecule has 0 atom stereocenters. The summed E-state index contributed by atoms with van der Waals surface area (Å²) in [6.45, 7) is 5.45. The molecule has 1 fully saturated rings. The number of hydrogen-bond acceptors (Lipinski definition) is 4. The second-order valence-corrected chi connectivity index (χ2v) is 6.65. The Morgan fingerprint density at radius 1 is 1.23 bits per heavy atom. The molecule has 0 saturated heterocycles. The molecule has 0 unspecified atom stereocenters. The number of ether oxygens (including phenoxy) is 1. The average molecular weight is 302 g/mol. The molecule has 0 spiro atoms. The Hall–Kier alpha value is -2.13. The van der Waals surface area contributed by atoms with Crippen LogP contribution >= 0.6 is 0 Å². The summed E-state index contributed by atoms with van der Waals surface area (Å²) in [5.74, 6) is 0. The molecule has 22 heavy (non-hydrogen) atoms. The summed E-state index contributed by atoms with van der Waals surface area (Å²) in [6, 6.07) is 7.41. The Morgan fingerprint density at radius 2 is 1.82 bits per heavy atom. The van der Waals surface area contributed by atoms with E-state index in [4.69, 9.17) is 4.74 Å². The summed E-state index contributed by atoms with van der Waals surface area (Å²) in [7, 11) is 0. The molecular formula is C17H22N2O3. The van der Waals surface area contributed by atoms with Crippen molar-refractivity contribution in [2.75, 3.05) is 5.32 Å². The third kappa shape index (κ3) is 3.95. The molecule has 118 valence electrons. The number of nitrogens with zero attached hydrogens (tertiary/aromatic N) is 1. The molecular weight excluding hydrogens is 280 g/mol. The minimum atomic E-state index is -0.531. The molecule has 1 saturated carbocycles. The van der Waals surface area contributed by atoms with Crippen LogP contribution in [0.15, 0.2) is 29.3 Å². The lowest BCUT2D eigenvalue weighted by atomic mass is 9.89. The predicted molar refractivity (Wildman–Crippen MR) is 84.6 cm³/mol. The van der Waals surface area contributed by atoms with Gasteiger partial charge in [0.25, 0.3) is 0 Å². The van der Waals surface area contributed by atoms with E-state index in [1.165, 1.54) is 0 Å². The van der Waals surface area contributed by atoms with Crippen LogP contribution in [0, 0.1) is 0 Å². The number of aliphatic imine (C=N–C) groups is 1. The normalized spacial score (nSPS) is 16.7. The van der Waals surface area contributed by atoms with Crippen LogP contribution in [0.1, 0.15) is 52.0 Å². The Balaban J connectivity index is 2.10. The lowest BCUT2D eigenvalue weighted by Crippen LogP contribution is -2.27. The van der Waals surface area contributed by atoms with Crippen molar-refractivity contribution in [1.82, 2.24) is 0 Å². The third-order valence-corrected chi connectivity index (χ3v) is 3.76. The van der Waals surface area contributed by atoms with Gasteiger partial charge in [-0.25, -0.2) is 9.59 Å². The van der Waals surface area contributed by atoms with Gasteiger partial charge in [-0.05, 0) is 51.3 Å². The Morgan fingerprint density at radius 3 is 2.32 bits per heavy atom. The lowest BCUT2D eigenvalue weighted by Gasteiger charge is -2.23. The van der Waals surface area contributed by atoms with Crippen LogP contribution in [0.4, 0.5) is 10.5 Å². The quantitative estimate of drug-likeness (QED) is 0.674. The summed E-state index contributed by atoms with van der Waals surface area (Å²) in [4.78, 5) is 26.5. The summed E-state index contributed by atoms with van der Waals surface area (Å²) in [5, 5.41) is 2.69. The van der Waals surface area contributed by atoms with Gasteiger partial charge in [0.1, 0.15) is 5.60 Å². The van der Waals surface area contributed by atoms with E-state index in [2.05, 4.69) is 10.3 Å². The van der Waals surface area contributed by atoms with E-state index in [1.807, 2.05) is 32.9 Å². The highest BCUT2D eigenvalue weighted by Crippen LogP contribution is 2.42. The molecule has 0 aliphatic heterocycles. The van der Waals surface area contributed by atoms with Crippen LogP contribution in [0.25, 0.3) is 0 Å². The first-order chi connectivity index (χ1) is 10.3. The average Bonchev–Trinajstić information content (AvgIpc) is 2.87. The van der Waals surface area contributed by atoms with Crippen LogP contribution in [0.2, 0.25) is 0 Å². The largest absolute Gasteiger partial charge is 0.444 e. The number of nitrogens with one attached hydrogen (secondary N) is 1. The highest BCUT2D eigenvalue weighted by atomic mass is 16.6. The van der Waals surface area contributed by atoms with Gasteiger partial charge < -0.3 is 4.74 Å². The van der Waals surface area contributed by atoms with Gasteiger partial charge in [0.15, 0.2) is 0 Å². The minimum absolute atomic E-state index is 0.438. The number of benzene rings is 1. The van der Waals surface area contributed by atoms with E-state index in [0.717, 1.165) is 31.2 Å². The van der Waals surface area contributed by atoms with Crippen molar-refractivity contribution in [1.29, 1.82) is 0 Å². The van der Waals surface area contributed by atoms with Crippen molar-refractivity contribution in [2.45, 2.75) is 57.6 Å². The molecule has 5 nitrogen and oxygen atoms in total. The van der Waals surface area contributed by atoms with E-state index in [9.17, 15) is 9.59 Å². The zero-order valence-electron chi connectivity index (χ0n) is 13.3. The summed E-state index contributed by atoms with van der Waals surface area (Å²) >= 11 is 0. The number of isocyanates is 1. The van der Waals surface area contributed by atoms with Crippen molar-refractivity contribution in [3.63, 3.8) is 0 Å². The van der Waals surface area contributed by atoms with Gasteiger partial charge in [0, 0.05) is 5.69 Å². The van der Waals surface area contributed by atoms with E-state index >= 15 is 0 Å². The first kappa shape index (κ1) is 16.2. The molecule has 0 bridgehead atoms. The standard InChI is InChI=1S/C17H22N2O3/c1-16(2,3)22-15(21)19-14-8-6-13(7-9-14)17(18-12-20)10-4-5-11-17/h6-9H,4-5,10-11H2,1-3H3,(H,19,21). The summed E-state index contributed by atoms with van der Waals surface area (Å²) < 4.78 is 5.21. The Labute approximate surface area is 130 Å². The first-order valence-corrected chi connectivity index (χ1v) is 7.54. The minimum Gasteiger partial charge on any atom is -0.444 e. The second kappa shape index (κ2) is 6.32. The van der Waals surface area contributed by atoms with Crippen molar-refractivity contribution in [3.05, 3.63) is 29.8 Å². The van der Waals surface area contributed by atoms with E-state index < -0.39 is 17.2 Å². The van der Waals surface area contributed by atoms with Gasteiger partial charge in [-0.1, -0.05) is 25.0 Å². The second-order valence-electron chi connectivity index (χ2n) is 6.65. The summed E-state index contributed by atoms with van der Waals surface area (Å²) in [6.07, 6.45) is 5.06. The first-order valence-electron chi connectivity index (χ1n) is 7.54. The maximum atomic E-state index is 11.7. The van der Waals surface area contributed by atoms with Crippen LogP contribution in [-0.2, 0) is 15.1 Å². The van der Waals surface area contributed by atoms with Crippen LogP contribution < -0.4 is 5.32 Å². The molecule has 1 N–H and O–H groups in total. The number of carbonyl (C=O) groups is 1. The fourth-order valence-electron chi connectivity index (χ4n) is 2.80. The van der Waals surface area contributed by atoms with Crippen molar-refractivity contribution in [2.24, 2.45) is 4.99 Å². The van der Waals surface area contributed by atoms with Gasteiger partial charge in [-0.3, -0.25) is 5.32 Å². The van der Waals surface area contributed by atoms with E-state index in [1.54, 1.807) is 18.2 Å². The fourth-order valence-corrected chi connectivity index (χ4v) is 2.80. The zero-order valence-corrected chi connectivity index (χ0v) is 13.3. The number of rotatable bonds is 3. The Kier molecular flexibility index (Phi) is 4.67. The fraction of sp³-hybridized carbons (Fsp3) is 0.529. The van der Waals surface area contributed by atoms with Gasteiger partial charge in [0.05, 0.1) is 5.54 Å². The highest BCUT2D eigenvalue weighted by molar-refractivity contribution is 5.84. The smallest absolute Gasteiger partial charge is 0.412 e. The number of carbonyl (C=O) groups excluding carboxylic acids is 2. The van der Waals surface area contributed by atoms with Gasteiger partial charge in [-0.15, -0.1) is 0 Å². The number of amides is 1. The molecule has 2 rings (SSSR count). The number of hydrogen-bond donors (Lipinski definition) is 1. The van der Waals surface area contributed by atoms with E-state index in [0.29, 0.717) is 5.69 Å². The van der Waals surface area contributed by atoms with Crippen molar-refractivity contribution >= 4 is 17.9 Å². The van der Waals surface area contributed by atoms with Gasteiger partial charge >= 0.3 is 6.09 Å². The van der Waals surface area contributed by atoms with Crippen molar-refractivity contribution in [3.8, 4) is 0 Å². The zero-order chi connectivity index (χ0) is 16.2. The lowest BCUT2D eigenvalue weighted by molar-refractivity contribution is 0.0636. The molecule has 1 amide bonds. The maximum Gasteiger partial charge on any atom is 0.412 e. The molecule has 0 heterocycles. The number of anilines is 1. The monoisotopic (exact) mass is 302 g/mol. The van der Waals surface area contributed by atoms with Crippen molar-refractivity contribution < 1.29 is 14.3 Å². The molecule has 1 aliphatic rings. The molecule has 1 aromatic carbocycles. The predicted octanol–water partition coefficient (Wildman–Crippen LogP) is 4.14. The topological polar surface area (TPSA) is 67.8 Å². The van der Waals surface area contributed by atoms with E-state index in [-0.39, 0.29) is 0 Å². The molecule has 0 radical (unpaired) electrons. The van der Waals surface area contributed by atoms with Crippen LogP contribution in [0.5, 0.6) is 0 Å². The SMILES string of the molecule is CC(C)(C)OC(=O)Nc1ccc(C2(N=C=O)CCCC2)cc1. The summed E-state index contributed by atoms with van der Waals surface area (Å²) in [5.41, 5.74) is 0.673. The molecule has 5 heteroatoms. The maximum absolute atomic E-state index is 11.7. The molecule has 1 aromatic rings. The Bertz CT molecular complexity index is 575. The highest BCUT2D eigenvalue weighted by Gasteiger charge is 2.35. The van der Waals surface area contributed by atoms with Gasteiger partial charge in [-0.2, -0.15) is 4.99 Å².